The van der Waals surface area contributed by atoms with Crippen LogP contribution in [0, 0.1) is 5.92 Å². The minimum Gasteiger partial charge on any atom is -0.371 e. The fourth-order valence-electron chi connectivity index (χ4n) is 2.96. The predicted molar refractivity (Wildman–Crippen MR) is 82.3 cm³/mol. The Labute approximate surface area is 124 Å². The quantitative estimate of drug-likeness (QED) is 0.890. The van der Waals surface area contributed by atoms with Crippen LogP contribution >= 0.6 is 0 Å². The van der Waals surface area contributed by atoms with E-state index in [1.54, 1.807) is 0 Å². The van der Waals surface area contributed by atoms with Crippen molar-refractivity contribution in [2.24, 2.45) is 5.92 Å². The number of nitrogens with one attached hydrogen (secondary N) is 2. The molecule has 2 amide bonds. The van der Waals surface area contributed by atoms with Crippen molar-refractivity contribution in [1.82, 2.24) is 5.32 Å². The van der Waals surface area contributed by atoms with E-state index in [4.69, 9.17) is 0 Å². The van der Waals surface area contributed by atoms with Gasteiger partial charge in [0.2, 0.25) is 11.8 Å². The number of hydrogen-bond acceptors (Lipinski definition) is 3. The van der Waals surface area contributed by atoms with Crippen LogP contribution in [0.1, 0.15) is 25.7 Å². The van der Waals surface area contributed by atoms with E-state index >= 15 is 0 Å². The van der Waals surface area contributed by atoms with E-state index in [1.807, 2.05) is 18.2 Å². The highest BCUT2D eigenvalue weighted by Crippen LogP contribution is 2.24. The van der Waals surface area contributed by atoms with Gasteiger partial charge in [0, 0.05) is 37.4 Å². The van der Waals surface area contributed by atoms with Crippen molar-refractivity contribution in [3.63, 3.8) is 0 Å². The average Bonchev–Trinajstić information content (AvgIpc) is 3.02. The van der Waals surface area contributed by atoms with Gasteiger partial charge in [0.15, 0.2) is 0 Å². The minimum absolute atomic E-state index is 0.00595. The Bertz CT molecular complexity index is 528. The van der Waals surface area contributed by atoms with Gasteiger partial charge in [0.25, 0.3) is 0 Å². The maximum absolute atomic E-state index is 12.2. The van der Waals surface area contributed by atoms with E-state index in [0.29, 0.717) is 19.4 Å². The Balaban J connectivity index is 1.63. The highest BCUT2D eigenvalue weighted by atomic mass is 16.2. The summed E-state index contributed by atoms with van der Waals surface area (Å²) in [6.07, 6.45) is 3.53. The minimum atomic E-state index is -0.127. The van der Waals surface area contributed by atoms with Crippen molar-refractivity contribution < 1.29 is 9.59 Å². The van der Waals surface area contributed by atoms with Gasteiger partial charge in [-0.25, -0.2) is 0 Å². The molecule has 2 saturated heterocycles. The summed E-state index contributed by atoms with van der Waals surface area (Å²) in [7, 11) is 0. The summed E-state index contributed by atoms with van der Waals surface area (Å²) in [6, 6.07) is 8.01. The Morgan fingerprint density at radius 1 is 1.29 bits per heavy atom. The van der Waals surface area contributed by atoms with Crippen molar-refractivity contribution >= 4 is 23.2 Å². The van der Waals surface area contributed by atoms with Crippen LogP contribution in [0.3, 0.4) is 0 Å². The van der Waals surface area contributed by atoms with Crippen LogP contribution in [0.5, 0.6) is 0 Å². The Hall–Kier alpha value is -2.04. The molecule has 1 aromatic rings. The van der Waals surface area contributed by atoms with Crippen molar-refractivity contribution in [3.8, 4) is 0 Å². The smallest absolute Gasteiger partial charge is 0.229 e. The molecule has 112 valence electrons. The summed E-state index contributed by atoms with van der Waals surface area (Å²) in [6.45, 7) is 2.62. The summed E-state index contributed by atoms with van der Waals surface area (Å²) in [4.78, 5) is 25.7. The number of amides is 2. The van der Waals surface area contributed by atoms with Crippen LogP contribution in [-0.4, -0.2) is 31.4 Å². The van der Waals surface area contributed by atoms with E-state index in [1.165, 1.54) is 18.5 Å². The molecule has 2 heterocycles. The van der Waals surface area contributed by atoms with Crippen molar-refractivity contribution in [2.45, 2.75) is 25.7 Å². The highest BCUT2D eigenvalue weighted by Gasteiger charge is 2.24. The first-order chi connectivity index (χ1) is 10.2. The Morgan fingerprint density at radius 2 is 2.10 bits per heavy atom. The summed E-state index contributed by atoms with van der Waals surface area (Å²) >= 11 is 0. The Kier molecular flexibility index (Phi) is 4.08. The van der Waals surface area contributed by atoms with Crippen molar-refractivity contribution in [1.29, 1.82) is 0 Å². The molecule has 0 aromatic heterocycles. The summed E-state index contributed by atoms with van der Waals surface area (Å²) in [5.41, 5.74) is 2.00. The van der Waals surface area contributed by atoms with Crippen LogP contribution in [0.2, 0.25) is 0 Å². The number of carbonyl (C=O) groups is 2. The standard InChI is InChI=1S/C16H21N3O2/c20-15-7-6-12(11-17-15)16(21)18-13-4-3-5-14(10-13)19-8-1-2-9-19/h3-5,10,12H,1-2,6-9,11H2,(H,17,20)(H,18,21). The predicted octanol–water partition coefficient (Wildman–Crippen LogP) is 1.75. The molecule has 21 heavy (non-hydrogen) atoms. The summed E-state index contributed by atoms with van der Waals surface area (Å²) in [5.74, 6) is -0.0956. The van der Waals surface area contributed by atoms with Gasteiger partial charge in [-0.15, -0.1) is 0 Å². The fourth-order valence-corrected chi connectivity index (χ4v) is 2.96. The lowest BCUT2D eigenvalue weighted by atomic mass is 9.98. The zero-order valence-electron chi connectivity index (χ0n) is 12.1. The second-order valence-corrected chi connectivity index (χ2v) is 5.77. The molecule has 1 atom stereocenters. The number of piperidine rings is 1. The summed E-state index contributed by atoms with van der Waals surface area (Å²) < 4.78 is 0. The SMILES string of the molecule is O=C1CCC(C(=O)Nc2cccc(N3CCCC3)c2)CN1. The molecule has 5 nitrogen and oxygen atoms in total. The molecule has 0 radical (unpaired) electrons. The van der Waals surface area contributed by atoms with Gasteiger partial charge in [-0.05, 0) is 37.5 Å². The van der Waals surface area contributed by atoms with Crippen molar-refractivity contribution in [2.75, 3.05) is 29.9 Å². The van der Waals surface area contributed by atoms with Crippen LogP contribution in [0.4, 0.5) is 11.4 Å². The average molecular weight is 287 g/mol. The topological polar surface area (TPSA) is 61.4 Å². The monoisotopic (exact) mass is 287 g/mol. The number of hydrogen-bond donors (Lipinski definition) is 2. The molecule has 0 saturated carbocycles. The number of benzene rings is 1. The van der Waals surface area contributed by atoms with Gasteiger partial charge in [-0.2, -0.15) is 0 Å². The maximum atomic E-state index is 12.2. The van der Waals surface area contributed by atoms with Crippen molar-refractivity contribution in [3.05, 3.63) is 24.3 Å². The molecule has 2 aliphatic rings. The van der Waals surface area contributed by atoms with E-state index in [-0.39, 0.29) is 17.7 Å². The normalized spacial score (nSPS) is 22.0. The van der Waals surface area contributed by atoms with Crippen LogP contribution in [-0.2, 0) is 9.59 Å². The fraction of sp³-hybridized carbons (Fsp3) is 0.500. The van der Waals surface area contributed by atoms with Crippen LogP contribution < -0.4 is 15.5 Å². The van der Waals surface area contributed by atoms with Gasteiger partial charge in [0.05, 0.1) is 5.92 Å². The maximum Gasteiger partial charge on any atom is 0.229 e. The lowest BCUT2D eigenvalue weighted by molar-refractivity contribution is -0.126. The molecule has 3 rings (SSSR count). The van der Waals surface area contributed by atoms with Gasteiger partial charge in [-0.1, -0.05) is 6.07 Å². The number of carbonyl (C=O) groups excluding carboxylic acids is 2. The van der Waals surface area contributed by atoms with Gasteiger partial charge in [0.1, 0.15) is 0 Å². The molecule has 2 N–H and O–H groups in total. The molecular formula is C16H21N3O2. The molecular weight excluding hydrogens is 266 g/mol. The largest absolute Gasteiger partial charge is 0.371 e. The van der Waals surface area contributed by atoms with Crippen LogP contribution in [0.25, 0.3) is 0 Å². The van der Waals surface area contributed by atoms with Gasteiger partial charge in [-0.3, -0.25) is 9.59 Å². The van der Waals surface area contributed by atoms with Crippen LogP contribution in [0.15, 0.2) is 24.3 Å². The van der Waals surface area contributed by atoms with E-state index < -0.39 is 0 Å². The molecule has 1 aromatic carbocycles. The molecule has 0 spiro atoms. The Morgan fingerprint density at radius 3 is 2.81 bits per heavy atom. The number of rotatable bonds is 3. The molecule has 5 heteroatoms. The third-order valence-corrected chi connectivity index (χ3v) is 4.22. The summed E-state index contributed by atoms with van der Waals surface area (Å²) in [5, 5.41) is 5.72. The van der Waals surface area contributed by atoms with E-state index in [2.05, 4.69) is 21.6 Å². The lowest BCUT2D eigenvalue weighted by Crippen LogP contribution is -2.40. The molecule has 2 aliphatic heterocycles. The molecule has 1 unspecified atom stereocenters. The first-order valence-electron chi connectivity index (χ1n) is 7.65. The van der Waals surface area contributed by atoms with E-state index in [0.717, 1.165) is 18.8 Å². The third kappa shape index (κ3) is 3.35. The van der Waals surface area contributed by atoms with E-state index in [9.17, 15) is 9.59 Å². The zero-order chi connectivity index (χ0) is 14.7. The number of anilines is 2. The zero-order valence-corrected chi connectivity index (χ0v) is 12.1. The van der Waals surface area contributed by atoms with Gasteiger partial charge < -0.3 is 15.5 Å². The third-order valence-electron chi connectivity index (χ3n) is 4.22. The van der Waals surface area contributed by atoms with Gasteiger partial charge >= 0.3 is 0 Å². The lowest BCUT2D eigenvalue weighted by Gasteiger charge is -2.22. The second kappa shape index (κ2) is 6.16. The molecule has 0 aliphatic carbocycles. The first kappa shape index (κ1) is 13.9. The second-order valence-electron chi connectivity index (χ2n) is 5.77. The number of nitrogens with zero attached hydrogens (tertiary/aromatic N) is 1. The highest BCUT2D eigenvalue weighted by molar-refractivity contribution is 5.94. The first-order valence-corrected chi connectivity index (χ1v) is 7.65. The molecule has 2 fully saturated rings. The molecule has 0 bridgehead atoms.